The molecule has 18 heavy (non-hydrogen) atoms. The van der Waals surface area contributed by atoms with Crippen LogP contribution in [-0.4, -0.2) is 42.1 Å². The first kappa shape index (κ1) is 12.3. The molecule has 1 aromatic heterocycles. The summed E-state index contributed by atoms with van der Waals surface area (Å²) in [4.78, 5) is 8.39. The van der Waals surface area contributed by atoms with Crippen molar-refractivity contribution in [2.75, 3.05) is 31.1 Å². The van der Waals surface area contributed by atoms with Gasteiger partial charge in [0.05, 0.1) is 29.6 Å². The minimum absolute atomic E-state index is 0.0449. The summed E-state index contributed by atoms with van der Waals surface area (Å²) in [6.07, 6.45) is 3.37. The smallest absolute Gasteiger partial charge is 0.101 e. The van der Waals surface area contributed by atoms with Gasteiger partial charge >= 0.3 is 0 Å². The van der Waals surface area contributed by atoms with Gasteiger partial charge in [-0.15, -0.1) is 0 Å². The molecule has 0 N–H and O–H groups in total. The second kappa shape index (κ2) is 5.48. The van der Waals surface area contributed by atoms with Gasteiger partial charge in [-0.05, 0) is 13.0 Å². The van der Waals surface area contributed by atoms with Crippen LogP contribution in [0.1, 0.15) is 12.5 Å². The highest BCUT2D eigenvalue weighted by Gasteiger charge is 2.22. The molecular weight excluding hydrogens is 226 g/mol. The van der Waals surface area contributed by atoms with Crippen molar-refractivity contribution in [3.05, 3.63) is 24.0 Å². The van der Waals surface area contributed by atoms with E-state index in [1.165, 1.54) is 0 Å². The van der Waals surface area contributed by atoms with E-state index in [1.54, 1.807) is 18.5 Å². The number of hydrogen-bond acceptors (Lipinski definition) is 5. The van der Waals surface area contributed by atoms with Gasteiger partial charge < -0.3 is 4.90 Å². The summed E-state index contributed by atoms with van der Waals surface area (Å²) in [5.74, 6) is 0. The lowest BCUT2D eigenvalue weighted by Gasteiger charge is -2.37. The molecule has 0 aromatic carbocycles. The maximum Gasteiger partial charge on any atom is 0.101 e. The molecule has 0 saturated carbocycles. The van der Waals surface area contributed by atoms with Crippen LogP contribution >= 0.6 is 0 Å². The summed E-state index contributed by atoms with van der Waals surface area (Å²) in [5.41, 5.74) is 1.55. The Morgan fingerprint density at radius 1 is 1.28 bits per heavy atom. The third-order valence-electron chi connectivity index (χ3n) is 3.31. The Labute approximate surface area is 107 Å². The van der Waals surface area contributed by atoms with Crippen LogP contribution in [0.3, 0.4) is 0 Å². The number of pyridine rings is 1. The van der Waals surface area contributed by atoms with E-state index in [-0.39, 0.29) is 6.04 Å². The summed E-state index contributed by atoms with van der Waals surface area (Å²) < 4.78 is 0. The van der Waals surface area contributed by atoms with Crippen LogP contribution in [0.4, 0.5) is 5.69 Å². The molecule has 5 nitrogen and oxygen atoms in total. The zero-order chi connectivity index (χ0) is 13.0. The lowest BCUT2D eigenvalue weighted by molar-refractivity contribution is 0.231. The van der Waals surface area contributed by atoms with Crippen molar-refractivity contribution in [3.63, 3.8) is 0 Å². The first-order chi connectivity index (χ1) is 8.76. The van der Waals surface area contributed by atoms with Crippen LogP contribution in [0.2, 0.25) is 0 Å². The SMILES string of the molecule is CC(C#N)N1CCN(c2cnccc2C#N)CC1. The van der Waals surface area contributed by atoms with Gasteiger partial charge in [-0.2, -0.15) is 10.5 Å². The average molecular weight is 241 g/mol. The normalized spacial score (nSPS) is 17.8. The molecular formula is C13H15N5. The van der Waals surface area contributed by atoms with Crippen LogP contribution in [-0.2, 0) is 0 Å². The van der Waals surface area contributed by atoms with Gasteiger partial charge in [-0.3, -0.25) is 9.88 Å². The van der Waals surface area contributed by atoms with Crippen molar-refractivity contribution in [2.24, 2.45) is 0 Å². The first-order valence-electron chi connectivity index (χ1n) is 5.99. The predicted octanol–water partition coefficient (Wildman–Crippen LogP) is 0.987. The molecule has 0 spiro atoms. The monoisotopic (exact) mass is 241 g/mol. The lowest BCUT2D eigenvalue weighted by Crippen LogP contribution is -2.49. The number of hydrogen-bond donors (Lipinski definition) is 0. The Morgan fingerprint density at radius 2 is 2.00 bits per heavy atom. The van der Waals surface area contributed by atoms with Crippen LogP contribution in [0.25, 0.3) is 0 Å². The fourth-order valence-electron chi connectivity index (χ4n) is 2.16. The van der Waals surface area contributed by atoms with Crippen molar-refractivity contribution in [3.8, 4) is 12.1 Å². The van der Waals surface area contributed by atoms with Gasteiger partial charge in [-0.25, -0.2) is 0 Å². The van der Waals surface area contributed by atoms with E-state index in [0.29, 0.717) is 5.56 Å². The van der Waals surface area contributed by atoms with Crippen molar-refractivity contribution < 1.29 is 0 Å². The second-order valence-electron chi connectivity index (χ2n) is 4.33. The minimum Gasteiger partial charge on any atom is -0.367 e. The predicted molar refractivity (Wildman–Crippen MR) is 67.8 cm³/mol. The number of aromatic nitrogens is 1. The van der Waals surface area contributed by atoms with Crippen molar-refractivity contribution in [1.29, 1.82) is 10.5 Å². The number of piperazine rings is 1. The fourth-order valence-corrected chi connectivity index (χ4v) is 2.16. The van der Waals surface area contributed by atoms with Crippen LogP contribution < -0.4 is 4.90 Å². The van der Waals surface area contributed by atoms with Gasteiger partial charge in [-0.1, -0.05) is 0 Å². The largest absolute Gasteiger partial charge is 0.367 e. The highest BCUT2D eigenvalue weighted by Crippen LogP contribution is 2.20. The van der Waals surface area contributed by atoms with Gasteiger partial charge in [0.2, 0.25) is 0 Å². The second-order valence-corrected chi connectivity index (χ2v) is 4.33. The number of anilines is 1. The summed E-state index contributed by atoms with van der Waals surface area (Å²) in [7, 11) is 0. The minimum atomic E-state index is -0.0449. The third kappa shape index (κ3) is 2.42. The first-order valence-corrected chi connectivity index (χ1v) is 5.99. The average Bonchev–Trinajstić information content (AvgIpc) is 2.46. The summed E-state index contributed by atoms with van der Waals surface area (Å²) >= 11 is 0. The molecule has 2 rings (SSSR count). The zero-order valence-electron chi connectivity index (χ0n) is 10.4. The van der Waals surface area contributed by atoms with Crippen molar-refractivity contribution in [1.82, 2.24) is 9.88 Å². The van der Waals surface area contributed by atoms with Crippen molar-refractivity contribution in [2.45, 2.75) is 13.0 Å². The topological polar surface area (TPSA) is 67.0 Å². The van der Waals surface area contributed by atoms with Crippen LogP contribution in [0.15, 0.2) is 18.5 Å². The maximum absolute atomic E-state index is 9.07. The van der Waals surface area contributed by atoms with E-state index in [0.717, 1.165) is 31.9 Å². The molecule has 0 radical (unpaired) electrons. The Morgan fingerprint density at radius 3 is 2.61 bits per heavy atom. The molecule has 1 fully saturated rings. The Kier molecular flexibility index (Phi) is 3.76. The van der Waals surface area contributed by atoms with E-state index >= 15 is 0 Å². The molecule has 2 heterocycles. The zero-order valence-corrected chi connectivity index (χ0v) is 10.4. The van der Waals surface area contributed by atoms with E-state index in [1.807, 2.05) is 6.92 Å². The summed E-state index contributed by atoms with van der Waals surface area (Å²) in [5, 5.41) is 18.0. The van der Waals surface area contributed by atoms with E-state index in [4.69, 9.17) is 10.5 Å². The lowest BCUT2D eigenvalue weighted by atomic mass is 10.2. The standard InChI is InChI=1S/C13H15N5/c1-11(8-14)17-4-6-18(7-5-17)13-10-16-3-2-12(13)9-15/h2-3,10-11H,4-7H2,1H3. The Balaban J connectivity index is 2.07. The van der Waals surface area contributed by atoms with Gasteiger partial charge in [0, 0.05) is 32.4 Å². The van der Waals surface area contributed by atoms with Gasteiger partial charge in [0.1, 0.15) is 6.07 Å². The fraction of sp³-hybridized carbons (Fsp3) is 0.462. The Hall–Kier alpha value is -2.11. The van der Waals surface area contributed by atoms with Crippen molar-refractivity contribution >= 4 is 5.69 Å². The molecule has 1 atom stereocenters. The molecule has 1 aliphatic heterocycles. The van der Waals surface area contributed by atoms with E-state index < -0.39 is 0 Å². The van der Waals surface area contributed by atoms with Gasteiger partial charge in [0.25, 0.3) is 0 Å². The third-order valence-corrected chi connectivity index (χ3v) is 3.31. The van der Waals surface area contributed by atoms with E-state index in [2.05, 4.69) is 26.9 Å². The Bertz CT molecular complexity index is 491. The van der Waals surface area contributed by atoms with Crippen LogP contribution in [0, 0.1) is 22.7 Å². The maximum atomic E-state index is 9.07. The molecule has 92 valence electrons. The molecule has 1 aromatic rings. The molecule has 1 unspecified atom stereocenters. The number of nitrogens with zero attached hydrogens (tertiary/aromatic N) is 5. The summed E-state index contributed by atoms with van der Waals surface area (Å²) in [6.45, 7) is 5.25. The molecule has 0 aliphatic carbocycles. The van der Waals surface area contributed by atoms with E-state index in [9.17, 15) is 0 Å². The number of rotatable bonds is 2. The quantitative estimate of drug-likeness (QED) is 0.772. The summed E-state index contributed by atoms with van der Waals surface area (Å²) in [6, 6.07) is 6.14. The molecule has 0 amide bonds. The molecule has 5 heteroatoms. The van der Waals surface area contributed by atoms with Gasteiger partial charge in [0.15, 0.2) is 0 Å². The van der Waals surface area contributed by atoms with Crippen LogP contribution in [0.5, 0.6) is 0 Å². The molecule has 1 saturated heterocycles. The molecule has 1 aliphatic rings. The number of nitriles is 2. The highest BCUT2D eigenvalue weighted by molar-refractivity contribution is 5.57. The highest BCUT2D eigenvalue weighted by atomic mass is 15.3. The molecule has 0 bridgehead atoms.